The Labute approximate surface area is 93.8 Å². The lowest BCUT2D eigenvalue weighted by Crippen LogP contribution is -2.39. The van der Waals surface area contributed by atoms with Crippen molar-refractivity contribution in [3.05, 3.63) is 29.1 Å². The van der Waals surface area contributed by atoms with Crippen molar-refractivity contribution in [1.29, 1.82) is 0 Å². The Morgan fingerprint density at radius 1 is 1.50 bits per heavy atom. The average molecular weight is 222 g/mol. The van der Waals surface area contributed by atoms with Crippen molar-refractivity contribution < 1.29 is 9.18 Å². The monoisotopic (exact) mass is 222 g/mol. The molecule has 1 aromatic carbocycles. The number of rotatable bonds is 2. The molecule has 0 aliphatic heterocycles. The number of benzene rings is 1. The fraction of sp³-hybridized carbons (Fsp3) is 0.417. The van der Waals surface area contributed by atoms with E-state index in [0.29, 0.717) is 11.1 Å². The van der Waals surface area contributed by atoms with Gasteiger partial charge in [0.15, 0.2) is 0 Å². The number of halogens is 1. The molecule has 16 heavy (non-hydrogen) atoms. The molecule has 1 aliphatic carbocycles. The number of hydrogen-bond donors (Lipinski definition) is 2. The van der Waals surface area contributed by atoms with Gasteiger partial charge in [-0.1, -0.05) is 0 Å². The summed E-state index contributed by atoms with van der Waals surface area (Å²) in [5.41, 5.74) is 6.55. The summed E-state index contributed by atoms with van der Waals surface area (Å²) in [4.78, 5) is 11.8. The van der Waals surface area contributed by atoms with E-state index in [9.17, 15) is 9.18 Å². The highest BCUT2D eigenvalue weighted by Gasteiger charge is 2.21. The zero-order valence-corrected chi connectivity index (χ0v) is 9.22. The number of aryl methyl sites for hydroxylation is 1. The Balaban J connectivity index is 2.18. The molecule has 86 valence electrons. The van der Waals surface area contributed by atoms with Crippen LogP contribution >= 0.6 is 0 Å². The zero-order valence-electron chi connectivity index (χ0n) is 9.22. The Bertz CT molecular complexity index is 427. The molecule has 1 fully saturated rings. The summed E-state index contributed by atoms with van der Waals surface area (Å²) in [7, 11) is 0. The number of amides is 1. The molecule has 2 rings (SSSR count). The van der Waals surface area contributed by atoms with Crippen LogP contribution in [0, 0.1) is 12.7 Å². The van der Waals surface area contributed by atoms with Crippen molar-refractivity contribution in [2.24, 2.45) is 0 Å². The van der Waals surface area contributed by atoms with Gasteiger partial charge in [-0.25, -0.2) is 4.39 Å². The second kappa shape index (κ2) is 4.12. The van der Waals surface area contributed by atoms with Gasteiger partial charge in [-0.2, -0.15) is 0 Å². The van der Waals surface area contributed by atoms with E-state index in [-0.39, 0.29) is 17.6 Å². The van der Waals surface area contributed by atoms with Gasteiger partial charge in [0.2, 0.25) is 0 Å². The molecule has 1 aromatic rings. The Morgan fingerprint density at radius 3 is 2.75 bits per heavy atom. The van der Waals surface area contributed by atoms with Crippen LogP contribution < -0.4 is 11.1 Å². The molecule has 1 saturated carbocycles. The number of nitrogen functional groups attached to an aromatic ring is 1. The number of hydrogen-bond acceptors (Lipinski definition) is 2. The molecule has 0 radical (unpaired) electrons. The van der Waals surface area contributed by atoms with E-state index in [1.54, 1.807) is 6.92 Å². The fourth-order valence-corrected chi connectivity index (χ4v) is 1.75. The molecule has 0 atom stereocenters. The molecule has 0 heterocycles. The number of nitrogens with one attached hydrogen (secondary N) is 1. The molecular weight excluding hydrogens is 207 g/mol. The second-order valence-corrected chi connectivity index (χ2v) is 4.29. The molecule has 0 unspecified atom stereocenters. The van der Waals surface area contributed by atoms with Crippen LogP contribution in [-0.2, 0) is 0 Å². The Kier molecular flexibility index (Phi) is 2.81. The third-order valence-electron chi connectivity index (χ3n) is 3.03. The van der Waals surface area contributed by atoms with Crippen molar-refractivity contribution in [3.8, 4) is 0 Å². The summed E-state index contributed by atoms with van der Waals surface area (Å²) in [5, 5.41) is 2.90. The molecule has 3 N–H and O–H groups in total. The van der Waals surface area contributed by atoms with Gasteiger partial charge in [0.1, 0.15) is 5.82 Å². The lowest BCUT2D eigenvalue weighted by Gasteiger charge is -2.26. The van der Waals surface area contributed by atoms with Crippen LogP contribution in [0.4, 0.5) is 10.1 Å². The molecule has 0 bridgehead atoms. The molecular formula is C12H15FN2O. The van der Waals surface area contributed by atoms with Crippen LogP contribution in [0.5, 0.6) is 0 Å². The summed E-state index contributed by atoms with van der Waals surface area (Å²) in [6, 6.07) is 2.97. The van der Waals surface area contributed by atoms with Gasteiger partial charge in [-0.3, -0.25) is 4.79 Å². The number of nitrogens with two attached hydrogens (primary N) is 1. The quantitative estimate of drug-likeness (QED) is 0.752. The van der Waals surface area contributed by atoms with E-state index in [0.717, 1.165) is 19.3 Å². The van der Waals surface area contributed by atoms with E-state index in [2.05, 4.69) is 5.32 Å². The van der Waals surface area contributed by atoms with Crippen LogP contribution in [0.3, 0.4) is 0 Å². The van der Waals surface area contributed by atoms with Gasteiger partial charge in [0.05, 0.1) is 5.69 Å². The standard InChI is InChI=1S/C12H15FN2O/c1-7-5-10(13)11(14)6-9(7)12(16)15-8-3-2-4-8/h5-6,8H,2-4,14H2,1H3,(H,15,16). The average Bonchev–Trinajstić information content (AvgIpc) is 2.17. The second-order valence-electron chi connectivity index (χ2n) is 4.29. The van der Waals surface area contributed by atoms with E-state index in [1.807, 2.05) is 0 Å². The fourth-order valence-electron chi connectivity index (χ4n) is 1.75. The smallest absolute Gasteiger partial charge is 0.251 e. The highest BCUT2D eigenvalue weighted by molar-refractivity contribution is 5.96. The minimum absolute atomic E-state index is 0.0179. The third-order valence-corrected chi connectivity index (χ3v) is 3.03. The van der Waals surface area contributed by atoms with Crippen LogP contribution in [0.1, 0.15) is 35.2 Å². The first-order valence-electron chi connectivity index (χ1n) is 5.44. The van der Waals surface area contributed by atoms with Crippen LogP contribution in [0.2, 0.25) is 0 Å². The molecule has 3 nitrogen and oxygen atoms in total. The van der Waals surface area contributed by atoms with E-state index < -0.39 is 5.82 Å². The maximum atomic E-state index is 13.1. The molecule has 1 amide bonds. The van der Waals surface area contributed by atoms with Gasteiger partial charge < -0.3 is 11.1 Å². The lowest BCUT2D eigenvalue weighted by atomic mass is 9.92. The number of carbonyl (C=O) groups is 1. The summed E-state index contributed by atoms with van der Waals surface area (Å²) in [6.07, 6.45) is 3.22. The number of anilines is 1. The first-order valence-corrected chi connectivity index (χ1v) is 5.44. The van der Waals surface area contributed by atoms with E-state index >= 15 is 0 Å². The third kappa shape index (κ3) is 2.01. The van der Waals surface area contributed by atoms with Gasteiger partial charge in [-0.15, -0.1) is 0 Å². The molecule has 0 saturated heterocycles. The molecule has 1 aliphatic rings. The van der Waals surface area contributed by atoms with Gasteiger partial charge in [-0.05, 0) is 43.9 Å². The normalized spacial score (nSPS) is 15.6. The van der Waals surface area contributed by atoms with Gasteiger partial charge in [0, 0.05) is 11.6 Å². The summed E-state index contributed by atoms with van der Waals surface area (Å²) >= 11 is 0. The predicted molar refractivity (Wildman–Crippen MR) is 60.7 cm³/mol. The van der Waals surface area contributed by atoms with Crippen LogP contribution in [-0.4, -0.2) is 11.9 Å². The largest absolute Gasteiger partial charge is 0.396 e. The minimum Gasteiger partial charge on any atom is -0.396 e. The Hall–Kier alpha value is -1.58. The maximum Gasteiger partial charge on any atom is 0.251 e. The zero-order chi connectivity index (χ0) is 11.7. The van der Waals surface area contributed by atoms with Gasteiger partial charge in [0.25, 0.3) is 5.91 Å². The predicted octanol–water partition coefficient (Wildman–Crippen LogP) is 2.00. The minimum atomic E-state index is -0.474. The van der Waals surface area contributed by atoms with Crippen molar-refractivity contribution in [3.63, 3.8) is 0 Å². The van der Waals surface area contributed by atoms with E-state index in [1.165, 1.54) is 12.1 Å². The lowest BCUT2D eigenvalue weighted by molar-refractivity contribution is 0.0916. The Morgan fingerprint density at radius 2 is 2.19 bits per heavy atom. The summed E-state index contributed by atoms with van der Waals surface area (Å²) in [6.45, 7) is 1.71. The maximum absolute atomic E-state index is 13.1. The van der Waals surface area contributed by atoms with E-state index in [4.69, 9.17) is 5.73 Å². The van der Waals surface area contributed by atoms with Crippen LogP contribution in [0.25, 0.3) is 0 Å². The number of carbonyl (C=O) groups excluding carboxylic acids is 1. The summed E-state index contributed by atoms with van der Waals surface area (Å²) in [5.74, 6) is -0.633. The topological polar surface area (TPSA) is 55.1 Å². The van der Waals surface area contributed by atoms with Gasteiger partial charge >= 0.3 is 0 Å². The molecule has 4 heteroatoms. The van der Waals surface area contributed by atoms with Crippen molar-refractivity contribution in [1.82, 2.24) is 5.32 Å². The molecule has 0 spiro atoms. The van der Waals surface area contributed by atoms with Crippen molar-refractivity contribution in [2.75, 3.05) is 5.73 Å². The van der Waals surface area contributed by atoms with Crippen LogP contribution in [0.15, 0.2) is 12.1 Å². The molecule has 0 aromatic heterocycles. The SMILES string of the molecule is Cc1cc(F)c(N)cc1C(=O)NC1CCC1. The van der Waals surface area contributed by atoms with Crippen molar-refractivity contribution in [2.45, 2.75) is 32.2 Å². The first kappa shape index (κ1) is 10.9. The highest BCUT2D eigenvalue weighted by Crippen LogP contribution is 2.21. The summed E-state index contributed by atoms with van der Waals surface area (Å²) < 4.78 is 13.1. The van der Waals surface area contributed by atoms with Crippen molar-refractivity contribution >= 4 is 11.6 Å². The first-order chi connectivity index (χ1) is 7.58. The highest BCUT2D eigenvalue weighted by atomic mass is 19.1.